The monoisotopic (exact) mass is 880 g/mol. The Labute approximate surface area is 350 Å². The van der Waals surface area contributed by atoms with Crippen LogP contribution in [0.25, 0.3) is 11.0 Å². The number of alkyl halides is 4. The van der Waals surface area contributed by atoms with Crippen molar-refractivity contribution in [2.45, 2.75) is 139 Å². The van der Waals surface area contributed by atoms with Gasteiger partial charge in [0.1, 0.15) is 35.6 Å². The van der Waals surface area contributed by atoms with Gasteiger partial charge in [-0.1, -0.05) is 27.2 Å². The third-order valence-electron chi connectivity index (χ3n) is 13.7. The smallest absolute Gasteiger partial charge is 0.408 e. The van der Waals surface area contributed by atoms with Crippen molar-refractivity contribution >= 4 is 44.9 Å². The van der Waals surface area contributed by atoms with E-state index in [1.54, 1.807) is 26.8 Å². The number of halogens is 4. The Morgan fingerprint density at radius 3 is 2.41 bits per heavy atom. The normalized spacial score (nSPS) is 33.1. The summed E-state index contributed by atoms with van der Waals surface area (Å²) in [7, 11) is -2.88. The fourth-order valence-electron chi connectivity index (χ4n) is 9.44. The molecule has 6 aliphatic rings. The molecule has 1 aromatic heterocycles. The summed E-state index contributed by atoms with van der Waals surface area (Å²) >= 11 is 0. The van der Waals surface area contributed by atoms with Crippen molar-refractivity contribution in [3.63, 3.8) is 0 Å². The summed E-state index contributed by atoms with van der Waals surface area (Å²) in [5.41, 5.74) is -3.80. The van der Waals surface area contributed by atoms with Crippen LogP contribution < -0.4 is 24.8 Å². The highest BCUT2D eigenvalue weighted by Crippen LogP contribution is 2.58. The number of ether oxygens (including phenoxy) is 3. The molecule has 4 amide bonds. The SMILES string of the molecule is COc1ccc2nc3c(nc2c1)O[C@@H]1C[C@@H](C(=O)N[C@]2(C(=O)NS(=O)(=O)C4(C)CC4)C[C@H]2C(F)F)N(C1)C(=O)[C@H](C(C)(C)C)NC(=O)O[C@@H]1C[C@@H]2CC2[C@H]1CCCCC3(F)F. The maximum absolute atomic E-state index is 16.4. The number of alkyl carbamates (subject to hydrolysis) is 1. The first-order chi connectivity index (χ1) is 28.6. The van der Waals surface area contributed by atoms with Gasteiger partial charge in [0.25, 0.3) is 11.8 Å². The summed E-state index contributed by atoms with van der Waals surface area (Å²) < 4.78 is 106. The predicted molar refractivity (Wildman–Crippen MR) is 209 cm³/mol. The number of aromatic nitrogens is 2. The summed E-state index contributed by atoms with van der Waals surface area (Å²) in [6.45, 7) is 6.02. The molecule has 4 aliphatic carbocycles. The second kappa shape index (κ2) is 15.1. The van der Waals surface area contributed by atoms with E-state index in [1.807, 2.05) is 4.72 Å². The molecule has 2 bridgehead atoms. The number of hydrogen-bond donors (Lipinski definition) is 3. The van der Waals surface area contributed by atoms with Crippen LogP contribution in [0.15, 0.2) is 18.2 Å². The van der Waals surface area contributed by atoms with Gasteiger partial charge in [0.2, 0.25) is 34.1 Å². The van der Waals surface area contributed by atoms with Crippen molar-refractivity contribution < 1.29 is 59.4 Å². The van der Waals surface area contributed by atoms with Crippen LogP contribution in [-0.2, 0) is 35.1 Å². The van der Waals surface area contributed by atoms with E-state index >= 15 is 8.78 Å². The molecule has 1 aromatic carbocycles. The van der Waals surface area contributed by atoms with Crippen LogP contribution >= 0.6 is 0 Å². The first-order valence-electron chi connectivity index (χ1n) is 20.9. The van der Waals surface area contributed by atoms with E-state index in [0.29, 0.717) is 36.8 Å². The van der Waals surface area contributed by atoms with Gasteiger partial charge >= 0.3 is 6.09 Å². The zero-order chi connectivity index (χ0) is 44.0. The Hall–Kier alpha value is -4.49. The van der Waals surface area contributed by atoms with Gasteiger partial charge in [0.05, 0.1) is 35.4 Å². The van der Waals surface area contributed by atoms with Crippen molar-refractivity contribution in [3.05, 3.63) is 23.9 Å². The molecule has 1 unspecified atom stereocenters. The van der Waals surface area contributed by atoms with E-state index in [4.69, 9.17) is 14.2 Å². The highest BCUT2D eigenvalue weighted by Gasteiger charge is 2.67. The number of fused-ring (bicyclic) bond motifs is 7. The second-order valence-corrected chi connectivity index (χ2v) is 21.3. The number of sulfonamides is 1. The molecule has 3 heterocycles. The lowest BCUT2D eigenvalue weighted by atomic mass is 9.85. The van der Waals surface area contributed by atoms with Gasteiger partial charge in [-0.2, -0.15) is 8.78 Å². The highest BCUT2D eigenvalue weighted by molar-refractivity contribution is 7.91. The molecule has 20 heteroatoms. The molecule has 0 spiro atoms. The quantitative estimate of drug-likeness (QED) is 0.319. The molecule has 61 heavy (non-hydrogen) atoms. The molecule has 8 rings (SSSR count). The molecule has 0 radical (unpaired) electrons. The fourth-order valence-corrected chi connectivity index (χ4v) is 10.7. The van der Waals surface area contributed by atoms with Crippen LogP contribution in [0.2, 0.25) is 0 Å². The van der Waals surface area contributed by atoms with E-state index in [2.05, 4.69) is 20.6 Å². The number of benzene rings is 1. The van der Waals surface area contributed by atoms with Crippen molar-refractivity contribution in [2.24, 2.45) is 29.1 Å². The highest BCUT2D eigenvalue weighted by atomic mass is 32.2. The zero-order valence-corrected chi connectivity index (χ0v) is 35.5. The van der Waals surface area contributed by atoms with Crippen LogP contribution in [0, 0.1) is 29.1 Å². The van der Waals surface area contributed by atoms with Crippen molar-refractivity contribution in [1.29, 1.82) is 0 Å². The Kier molecular flexibility index (Phi) is 10.7. The Bertz CT molecular complexity index is 2240. The number of amides is 4. The Morgan fingerprint density at radius 2 is 1.75 bits per heavy atom. The van der Waals surface area contributed by atoms with Crippen LogP contribution in [-0.4, -0.2) is 102 Å². The molecule has 4 saturated carbocycles. The number of methoxy groups -OCH3 is 1. The van der Waals surface area contributed by atoms with Gasteiger partial charge < -0.3 is 29.7 Å². The average molecular weight is 881 g/mol. The van der Waals surface area contributed by atoms with Crippen molar-refractivity contribution in [3.8, 4) is 11.6 Å². The van der Waals surface area contributed by atoms with Gasteiger partial charge in [-0.15, -0.1) is 0 Å². The first-order valence-corrected chi connectivity index (χ1v) is 22.4. The third-order valence-corrected chi connectivity index (χ3v) is 15.8. The lowest BCUT2D eigenvalue weighted by Gasteiger charge is -2.36. The third kappa shape index (κ3) is 8.17. The molecule has 2 aromatic rings. The van der Waals surface area contributed by atoms with E-state index < -0.39 is 129 Å². The van der Waals surface area contributed by atoms with E-state index in [9.17, 15) is 36.4 Å². The summed E-state index contributed by atoms with van der Waals surface area (Å²) in [5, 5.41) is 5.07. The summed E-state index contributed by atoms with van der Waals surface area (Å²) in [6.07, 6.45) is -4.18. The molecule has 5 fully saturated rings. The van der Waals surface area contributed by atoms with Gasteiger partial charge in [-0.3, -0.25) is 19.1 Å². The van der Waals surface area contributed by atoms with Gasteiger partial charge in [-0.25, -0.2) is 32.0 Å². The fraction of sp³-hybridized carbons (Fsp3) is 0.707. The Balaban J connectivity index is 1.16. The van der Waals surface area contributed by atoms with Gasteiger partial charge in [0, 0.05) is 18.9 Å². The lowest BCUT2D eigenvalue weighted by molar-refractivity contribution is -0.143. The first kappa shape index (κ1) is 43.2. The van der Waals surface area contributed by atoms with Crippen molar-refractivity contribution in [2.75, 3.05) is 13.7 Å². The van der Waals surface area contributed by atoms with Crippen LogP contribution in [0.1, 0.15) is 97.6 Å². The van der Waals surface area contributed by atoms with Gasteiger partial charge in [-0.05, 0) is 87.2 Å². The number of rotatable bonds is 7. The predicted octanol–water partition coefficient (Wildman–Crippen LogP) is 4.96. The average Bonchev–Trinajstić information content (AvgIpc) is 4.14. The molecular weight excluding hydrogens is 829 g/mol. The number of nitrogens with zero attached hydrogens (tertiary/aromatic N) is 3. The van der Waals surface area contributed by atoms with E-state index in [0.717, 1.165) is 11.3 Å². The summed E-state index contributed by atoms with van der Waals surface area (Å²) in [6, 6.07) is 1.62. The number of carbonyl (C=O) groups excluding carboxylic acids is 4. The molecule has 1 saturated heterocycles. The molecule has 334 valence electrons. The van der Waals surface area contributed by atoms with Gasteiger partial charge in [0.15, 0.2) is 5.69 Å². The van der Waals surface area contributed by atoms with Crippen LogP contribution in [0.4, 0.5) is 22.4 Å². The topological polar surface area (TPSA) is 195 Å². The molecule has 9 atom stereocenters. The number of hydrogen-bond acceptors (Lipinski definition) is 11. The second-order valence-electron chi connectivity index (χ2n) is 19.1. The Morgan fingerprint density at radius 1 is 1.02 bits per heavy atom. The van der Waals surface area contributed by atoms with Crippen molar-refractivity contribution in [1.82, 2.24) is 30.2 Å². The standard InChI is InChI=1S/C41H52F4N6O9S/c1-38(2,3)31-35(53)51-19-22(17-28(51)33(52)49-40(18-25(40)32(42)43)36(54)50-61(56,57)39(4)12-13-39)59-34-30(46-26-10-9-21(58-5)16-27(26)47-34)41(44,45)11-7-6-8-23-24-14-20(24)15-29(23)60-37(55)48-31/h9-10,16,20,22-25,28-29,31-32H,6-8,11-15,17-19H2,1-5H3,(H,48,55)(H,49,52)(H,50,54)/t20-,22+,23+,24?,25-,28-,29+,31+,40+/m0/s1. The minimum Gasteiger partial charge on any atom is -0.497 e. The molecule has 2 aliphatic heterocycles. The lowest BCUT2D eigenvalue weighted by Crippen LogP contribution is -2.60. The molecule has 3 N–H and O–H groups in total. The minimum absolute atomic E-state index is 0.0556. The van der Waals surface area contributed by atoms with E-state index in [1.165, 1.54) is 26.2 Å². The summed E-state index contributed by atoms with van der Waals surface area (Å²) in [5.74, 6) is -8.13. The maximum atomic E-state index is 16.4. The number of carbonyl (C=O) groups is 4. The molecule has 15 nitrogen and oxygen atoms in total. The zero-order valence-electron chi connectivity index (χ0n) is 34.6. The van der Waals surface area contributed by atoms with Crippen LogP contribution in [0.5, 0.6) is 11.6 Å². The summed E-state index contributed by atoms with van der Waals surface area (Å²) in [4.78, 5) is 66.2. The minimum atomic E-state index is -4.30. The largest absolute Gasteiger partial charge is 0.497 e. The number of nitrogens with one attached hydrogen (secondary N) is 3. The van der Waals surface area contributed by atoms with E-state index in [-0.39, 0.29) is 36.2 Å². The maximum Gasteiger partial charge on any atom is 0.408 e. The van der Waals surface area contributed by atoms with Crippen LogP contribution in [0.3, 0.4) is 0 Å². The molecular formula is C41H52F4N6O9S.